The van der Waals surface area contributed by atoms with Crippen molar-refractivity contribution < 1.29 is 14.7 Å². The number of urea groups is 1. The van der Waals surface area contributed by atoms with Gasteiger partial charge in [0, 0.05) is 13.1 Å². The maximum Gasteiger partial charge on any atom is 0.323 e. The number of carboxylic acid groups (broad SMARTS) is 1. The van der Waals surface area contributed by atoms with Crippen LogP contribution in [0.2, 0.25) is 0 Å². The van der Waals surface area contributed by atoms with E-state index >= 15 is 0 Å². The minimum atomic E-state index is -0.869. The van der Waals surface area contributed by atoms with E-state index in [0.29, 0.717) is 18.1 Å². The molecule has 0 aromatic carbocycles. The number of amides is 2. The van der Waals surface area contributed by atoms with Crippen LogP contribution in [-0.4, -0.2) is 45.3 Å². The zero-order chi connectivity index (χ0) is 14.0. The Morgan fingerprint density at radius 3 is 2.79 bits per heavy atom. The van der Waals surface area contributed by atoms with Gasteiger partial charge in [-0.05, 0) is 19.8 Å². The number of nitrogens with zero attached hydrogens (tertiary/aromatic N) is 3. The molecular formula is C11H16N4O3S. The summed E-state index contributed by atoms with van der Waals surface area (Å²) >= 11 is 1.33. The molecule has 1 aromatic rings. The van der Waals surface area contributed by atoms with E-state index in [0.717, 1.165) is 11.4 Å². The van der Waals surface area contributed by atoms with Crippen LogP contribution in [0.25, 0.3) is 0 Å². The van der Waals surface area contributed by atoms with Gasteiger partial charge in [-0.15, -0.1) is 10.2 Å². The number of aryl methyl sites for hydroxylation is 1. The molecule has 2 N–H and O–H groups in total. The molecule has 0 radical (unpaired) electrons. The van der Waals surface area contributed by atoms with Crippen LogP contribution in [0, 0.1) is 5.41 Å². The molecule has 1 aromatic heterocycles. The minimum Gasteiger partial charge on any atom is -0.481 e. The molecule has 2 heterocycles. The lowest BCUT2D eigenvalue weighted by atomic mass is 9.90. The number of hydrogen-bond donors (Lipinski definition) is 2. The molecule has 0 bridgehead atoms. The predicted molar refractivity (Wildman–Crippen MR) is 70.2 cm³/mol. The van der Waals surface area contributed by atoms with Gasteiger partial charge >= 0.3 is 12.0 Å². The fourth-order valence-electron chi connectivity index (χ4n) is 1.93. The molecule has 1 fully saturated rings. The van der Waals surface area contributed by atoms with E-state index < -0.39 is 11.4 Å². The van der Waals surface area contributed by atoms with E-state index in [1.807, 2.05) is 6.92 Å². The molecule has 1 saturated heterocycles. The fraction of sp³-hybridized carbons (Fsp3) is 0.636. The van der Waals surface area contributed by atoms with Crippen molar-refractivity contribution in [2.24, 2.45) is 5.41 Å². The molecular weight excluding hydrogens is 268 g/mol. The normalized spacial score (nSPS) is 22.5. The van der Waals surface area contributed by atoms with Gasteiger partial charge in [0.15, 0.2) is 0 Å². The van der Waals surface area contributed by atoms with Crippen molar-refractivity contribution in [1.29, 1.82) is 0 Å². The third kappa shape index (κ3) is 2.83. The lowest BCUT2D eigenvalue weighted by Gasteiger charge is -2.19. The van der Waals surface area contributed by atoms with Gasteiger partial charge in [0.1, 0.15) is 5.01 Å². The van der Waals surface area contributed by atoms with Crippen molar-refractivity contribution in [2.75, 3.05) is 18.4 Å². The van der Waals surface area contributed by atoms with E-state index in [2.05, 4.69) is 15.5 Å². The maximum absolute atomic E-state index is 12.0. The molecule has 1 aliphatic rings. The number of anilines is 1. The van der Waals surface area contributed by atoms with Gasteiger partial charge in [0.05, 0.1) is 5.41 Å². The number of carbonyl (C=O) groups excluding carboxylic acids is 1. The van der Waals surface area contributed by atoms with E-state index in [1.165, 1.54) is 16.2 Å². The maximum atomic E-state index is 12.0. The summed E-state index contributed by atoms with van der Waals surface area (Å²) in [4.78, 5) is 24.6. The quantitative estimate of drug-likeness (QED) is 0.875. The van der Waals surface area contributed by atoms with Gasteiger partial charge in [-0.3, -0.25) is 10.1 Å². The Kier molecular flexibility index (Phi) is 3.70. The molecule has 1 atom stereocenters. The van der Waals surface area contributed by atoms with E-state index in [-0.39, 0.29) is 12.6 Å². The van der Waals surface area contributed by atoms with E-state index in [9.17, 15) is 9.59 Å². The predicted octanol–water partition coefficient (Wildman–Crippen LogP) is 1.43. The zero-order valence-corrected chi connectivity index (χ0v) is 11.7. The first-order valence-corrected chi connectivity index (χ1v) is 6.88. The topological polar surface area (TPSA) is 95.4 Å². The first-order valence-electron chi connectivity index (χ1n) is 6.06. The van der Waals surface area contributed by atoms with Crippen LogP contribution in [0.5, 0.6) is 0 Å². The molecule has 0 aliphatic carbocycles. The summed E-state index contributed by atoms with van der Waals surface area (Å²) in [5.74, 6) is -0.869. The Morgan fingerprint density at radius 1 is 1.53 bits per heavy atom. The van der Waals surface area contributed by atoms with Crippen molar-refractivity contribution >= 4 is 28.5 Å². The van der Waals surface area contributed by atoms with Gasteiger partial charge in [0.2, 0.25) is 5.13 Å². The van der Waals surface area contributed by atoms with E-state index in [4.69, 9.17) is 5.11 Å². The van der Waals surface area contributed by atoms with Crippen LogP contribution in [0.1, 0.15) is 25.3 Å². The Morgan fingerprint density at radius 2 is 2.26 bits per heavy atom. The van der Waals surface area contributed by atoms with Crippen LogP contribution in [0.15, 0.2) is 0 Å². The first kappa shape index (κ1) is 13.7. The number of carboxylic acids is 1. The highest BCUT2D eigenvalue weighted by Crippen LogP contribution is 2.30. The summed E-state index contributed by atoms with van der Waals surface area (Å²) in [6.45, 7) is 4.27. The second-order valence-corrected chi connectivity index (χ2v) is 5.88. The average Bonchev–Trinajstić information content (AvgIpc) is 2.96. The number of nitrogens with one attached hydrogen (secondary N) is 1. The molecule has 8 heteroatoms. The van der Waals surface area contributed by atoms with Crippen LogP contribution < -0.4 is 5.32 Å². The highest BCUT2D eigenvalue weighted by Gasteiger charge is 2.42. The van der Waals surface area contributed by atoms with Crippen molar-refractivity contribution in [3.63, 3.8) is 0 Å². The smallest absolute Gasteiger partial charge is 0.323 e. The monoisotopic (exact) mass is 284 g/mol. The molecule has 1 unspecified atom stereocenters. The summed E-state index contributed by atoms with van der Waals surface area (Å²) in [6.07, 6.45) is 1.24. The molecule has 1 aliphatic heterocycles. The Balaban J connectivity index is 1.96. The largest absolute Gasteiger partial charge is 0.481 e. The van der Waals surface area contributed by atoms with Gasteiger partial charge in [-0.2, -0.15) is 0 Å². The van der Waals surface area contributed by atoms with Gasteiger partial charge in [-0.1, -0.05) is 18.3 Å². The number of likely N-dealkylation sites (tertiary alicyclic amines) is 1. The SMILES string of the molecule is CCc1nnc(NC(=O)N2CCC(C)(C(=O)O)C2)s1. The molecule has 2 rings (SSSR count). The zero-order valence-electron chi connectivity index (χ0n) is 10.8. The average molecular weight is 284 g/mol. The lowest BCUT2D eigenvalue weighted by molar-refractivity contribution is -0.146. The molecule has 2 amide bonds. The highest BCUT2D eigenvalue weighted by atomic mass is 32.1. The van der Waals surface area contributed by atoms with Crippen molar-refractivity contribution in [3.05, 3.63) is 5.01 Å². The van der Waals surface area contributed by atoms with Gasteiger partial charge in [0.25, 0.3) is 0 Å². The third-order valence-corrected chi connectivity index (χ3v) is 4.24. The second-order valence-electron chi connectivity index (χ2n) is 4.82. The summed E-state index contributed by atoms with van der Waals surface area (Å²) < 4.78 is 0. The molecule has 0 spiro atoms. The van der Waals surface area contributed by atoms with Crippen molar-refractivity contribution in [1.82, 2.24) is 15.1 Å². The lowest BCUT2D eigenvalue weighted by Crippen LogP contribution is -2.37. The molecule has 0 saturated carbocycles. The first-order chi connectivity index (χ1) is 8.94. The Hall–Kier alpha value is -1.70. The molecule has 19 heavy (non-hydrogen) atoms. The van der Waals surface area contributed by atoms with Gasteiger partial charge in [-0.25, -0.2) is 4.79 Å². The fourth-order valence-corrected chi connectivity index (χ4v) is 2.60. The van der Waals surface area contributed by atoms with E-state index in [1.54, 1.807) is 6.92 Å². The second kappa shape index (κ2) is 5.12. The number of aliphatic carboxylic acids is 1. The standard InChI is InChI=1S/C11H16N4O3S/c1-3-7-13-14-9(19-7)12-10(18)15-5-4-11(2,6-15)8(16)17/h3-6H2,1-2H3,(H,16,17)(H,12,14,18). The molecule has 104 valence electrons. The molecule has 7 nitrogen and oxygen atoms in total. The number of aromatic nitrogens is 2. The van der Waals surface area contributed by atoms with Crippen LogP contribution in [0.3, 0.4) is 0 Å². The van der Waals surface area contributed by atoms with Crippen LogP contribution >= 0.6 is 11.3 Å². The third-order valence-electron chi connectivity index (χ3n) is 3.26. The van der Waals surface area contributed by atoms with Crippen molar-refractivity contribution in [3.8, 4) is 0 Å². The number of hydrogen-bond acceptors (Lipinski definition) is 5. The van der Waals surface area contributed by atoms with Gasteiger partial charge < -0.3 is 10.0 Å². The Bertz CT molecular complexity index is 504. The summed E-state index contributed by atoms with van der Waals surface area (Å²) in [6, 6.07) is -0.316. The summed E-state index contributed by atoms with van der Waals surface area (Å²) in [5.41, 5.74) is -0.854. The minimum absolute atomic E-state index is 0.216. The van der Waals surface area contributed by atoms with Crippen LogP contribution in [-0.2, 0) is 11.2 Å². The highest BCUT2D eigenvalue weighted by molar-refractivity contribution is 7.15. The Labute approximate surface area is 114 Å². The number of carbonyl (C=O) groups is 2. The summed E-state index contributed by atoms with van der Waals surface area (Å²) in [5, 5.41) is 20.9. The van der Waals surface area contributed by atoms with Crippen molar-refractivity contribution in [2.45, 2.75) is 26.7 Å². The van der Waals surface area contributed by atoms with Crippen LogP contribution in [0.4, 0.5) is 9.93 Å². The number of rotatable bonds is 3. The summed E-state index contributed by atoms with van der Waals surface area (Å²) in [7, 11) is 0.